The van der Waals surface area contributed by atoms with E-state index in [1.54, 1.807) is 18.9 Å². The third kappa shape index (κ3) is 5.68. The molecule has 134 valence electrons. The maximum atomic E-state index is 12.3. The van der Waals surface area contributed by atoms with Gasteiger partial charge in [-0.2, -0.15) is 0 Å². The highest BCUT2D eigenvalue weighted by Gasteiger charge is 2.14. The molecule has 3 nitrogen and oxygen atoms in total. The van der Waals surface area contributed by atoms with Crippen molar-refractivity contribution >= 4 is 29.3 Å². The molecule has 1 amide bonds. The molecule has 0 aliphatic rings. The van der Waals surface area contributed by atoms with Gasteiger partial charge >= 0.3 is 0 Å². The Bertz CT molecular complexity index is 721. The number of amides is 1. The lowest BCUT2D eigenvalue weighted by Crippen LogP contribution is -2.29. The summed E-state index contributed by atoms with van der Waals surface area (Å²) in [6.07, 6.45) is 0.840. The molecule has 0 spiro atoms. The van der Waals surface area contributed by atoms with E-state index in [0.717, 1.165) is 39.6 Å². The van der Waals surface area contributed by atoms with Crippen LogP contribution >= 0.6 is 23.4 Å². The molecule has 2 aromatic carbocycles. The lowest BCUT2D eigenvalue weighted by molar-refractivity contribution is -0.119. The minimum atomic E-state index is 0.0121. The molecule has 0 heterocycles. The molecule has 0 aromatic heterocycles. The summed E-state index contributed by atoms with van der Waals surface area (Å²) in [4.78, 5) is 12.3. The van der Waals surface area contributed by atoms with Crippen LogP contribution in [0.3, 0.4) is 0 Å². The van der Waals surface area contributed by atoms with Crippen molar-refractivity contribution < 1.29 is 9.53 Å². The van der Waals surface area contributed by atoms with Crippen LogP contribution in [-0.2, 0) is 10.5 Å². The van der Waals surface area contributed by atoms with Gasteiger partial charge in [-0.05, 0) is 42.2 Å². The first-order valence-corrected chi connectivity index (χ1v) is 9.83. The second-order valence-corrected chi connectivity index (χ2v) is 7.23. The van der Waals surface area contributed by atoms with Crippen LogP contribution in [0.5, 0.6) is 5.75 Å². The van der Waals surface area contributed by atoms with E-state index in [2.05, 4.69) is 18.3 Å². The summed E-state index contributed by atoms with van der Waals surface area (Å²) in [6.45, 7) is 4.08. The van der Waals surface area contributed by atoms with Crippen molar-refractivity contribution in [3.63, 3.8) is 0 Å². The summed E-state index contributed by atoms with van der Waals surface area (Å²) >= 11 is 7.71. The van der Waals surface area contributed by atoms with Gasteiger partial charge in [-0.15, -0.1) is 11.8 Å². The summed E-state index contributed by atoms with van der Waals surface area (Å²) in [5.74, 6) is 2.04. The quantitative estimate of drug-likeness (QED) is 0.690. The molecule has 0 fully saturated rings. The van der Waals surface area contributed by atoms with Gasteiger partial charge in [0.2, 0.25) is 5.91 Å². The number of hydrogen-bond acceptors (Lipinski definition) is 3. The van der Waals surface area contributed by atoms with Gasteiger partial charge < -0.3 is 10.1 Å². The number of halogens is 1. The maximum Gasteiger partial charge on any atom is 0.230 e. The molecule has 25 heavy (non-hydrogen) atoms. The molecular formula is C20H24ClNO2S. The van der Waals surface area contributed by atoms with E-state index < -0.39 is 0 Å². The van der Waals surface area contributed by atoms with Crippen molar-refractivity contribution in [3.8, 4) is 5.75 Å². The number of thioether (sulfide) groups is 1. The number of methoxy groups -OCH3 is 1. The summed E-state index contributed by atoms with van der Waals surface area (Å²) < 4.78 is 5.30. The van der Waals surface area contributed by atoms with Crippen LogP contribution in [0.2, 0.25) is 5.02 Å². The van der Waals surface area contributed by atoms with Gasteiger partial charge in [0.1, 0.15) is 5.75 Å². The Morgan fingerprint density at radius 3 is 2.68 bits per heavy atom. The second kappa shape index (κ2) is 9.73. The first kappa shape index (κ1) is 19.7. The highest BCUT2D eigenvalue weighted by atomic mass is 35.5. The van der Waals surface area contributed by atoms with Gasteiger partial charge in [-0.3, -0.25) is 4.79 Å². The number of benzene rings is 2. The molecule has 0 saturated carbocycles. The summed E-state index contributed by atoms with van der Waals surface area (Å²) in [5, 5.41) is 3.86. The molecule has 2 rings (SSSR count). The molecule has 5 heteroatoms. The van der Waals surface area contributed by atoms with E-state index >= 15 is 0 Å². The Labute approximate surface area is 159 Å². The Balaban J connectivity index is 1.89. The van der Waals surface area contributed by atoms with Gasteiger partial charge in [-0.1, -0.05) is 48.9 Å². The zero-order valence-electron chi connectivity index (χ0n) is 14.8. The predicted octanol–water partition coefficient (Wildman–Crippen LogP) is 5.16. The topological polar surface area (TPSA) is 38.3 Å². The van der Waals surface area contributed by atoms with E-state index in [1.165, 1.54) is 0 Å². The number of nitrogens with one attached hydrogen (secondary N) is 1. The smallest absolute Gasteiger partial charge is 0.230 e. The minimum Gasteiger partial charge on any atom is -0.496 e. The fourth-order valence-electron chi connectivity index (χ4n) is 2.64. The predicted molar refractivity (Wildman–Crippen MR) is 107 cm³/mol. The Kier molecular flexibility index (Phi) is 7.66. The molecule has 0 saturated heterocycles. The van der Waals surface area contributed by atoms with Crippen LogP contribution in [0.25, 0.3) is 0 Å². The van der Waals surface area contributed by atoms with Crippen LogP contribution in [0, 0.1) is 6.92 Å². The first-order chi connectivity index (χ1) is 12.0. The molecule has 1 N–H and O–H groups in total. The monoisotopic (exact) mass is 377 g/mol. The van der Waals surface area contributed by atoms with Crippen molar-refractivity contribution in [1.29, 1.82) is 0 Å². The molecule has 1 atom stereocenters. The second-order valence-electron chi connectivity index (χ2n) is 5.84. The average Bonchev–Trinajstić information content (AvgIpc) is 2.61. The van der Waals surface area contributed by atoms with E-state index in [1.807, 2.05) is 43.3 Å². The van der Waals surface area contributed by atoms with Crippen LogP contribution < -0.4 is 10.1 Å². The molecule has 0 bridgehead atoms. The fraction of sp³-hybridized carbons (Fsp3) is 0.350. The van der Waals surface area contributed by atoms with Crippen LogP contribution in [0.4, 0.5) is 0 Å². The van der Waals surface area contributed by atoms with Crippen molar-refractivity contribution in [1.82, 2.24) is 5.32 Å². The van der Waals surface area contributed by atoms with Crippen molar-refractivity contribution in [2.45, 2.75) is 32.1 Å². The zero-order chi connectivity index (χ0) is 18.2. The van der Waals surface area contributed by atoms with Gasteiger partial charge in [0.05, 0.1) is 18.9 Å². The molecule has 2 aromatic rings. The first-order valence-electron chi connectivity index (χ1n) is 8.30. The third-order valence-corrected chi connectivity index (χ3v) is 5.36. The number of rotatable bonds is 8. The van der Waals surface area contributed by atoms with Crippen molar-refractivity contribution in [2.24, 2.45) is 0 Å². The normalized spacial score (nSPS) is 11.8. The zero-order valence-corrected chi connectivity index (χ0v) is 16.4. The lowest BCUT2D eigenvalue weighted by atomic mass is 10.0. The van der Waals surface area contributed by atoms with Gasteiger partial charge in [0.15, 0.2) is 0 Å². The van der Waals surface area contributed by atoms with Crippen LogP contribution in [0.15, 0.2) is 42.5 Å². The number of aryl methyl sites for hydroxylation is 1. The van der Waals surface area contributed by atoms with Crippen molar-refractivity contribution in [2.75, 3.05) is 12.9 Å². The Morgan fingerprint density at radius 1 is 1.28 bits per heavy atom. The van der Waals surface area contributed by atoms with E-state index in [-0.39, 0.29) is 11.9 Å². The van der Waals surface area contributed by atoms with Gasteiger partial charge in [0.25, 0.3) is 0 Å². The van der Waals surface area contributed by atoms with E-state index in [9.17, 15) is 4.79 Å². The summed E-state index contributed by atoms with van der Waals surface area (Å²) in [7, 11) is 1.66. The van der Waals surface area contributed by atoms with Crippen LogP contribution in [-0.4, -0.2) is 18.8 Å². The number of carbonyl (C=O) groups excluding carboxylic acids is 1. The SMILES string of the molecule is CCC(NC(=O)CSCc1ccccc1Cl)c1ccc(OC)c(C)c1. The molecular weight excluding hydrogens is 354 g/mol. The molecule has 0 aliphatic heterocycles. The molecule has 0 aliphatic carbocycles. The average molecular weight is 378 g/mol. The van der Waals surface area contributed by atoms with Gasteiger partial charge in [0, 0.05) is 10.8 Å². The highest BCUT2D eigenvalue weighted by molar-refractivity contribution is 7.99. The maximum absolute atomic E-state index is 12.3. The Morgan fingerprint density at radius 2 is 2.04 bits per heavy atom. The highest BCUT2D eigenvalue weighted by Crippen LogP contribution is 2.25. The third-order valence-electron chi connectivity index (χ3n) is 4.01. The number of ether oxygens (including phenoxy) is 1. The lowest BCUT2D eigenvalue weighted by Gasteiger charge is -2.19. The standard InChI is InChI=1S/C20H24ClNO2S/c1-4-18(15-9-10-19(24-3)14(2)11-15)22-20(23)13-25-12-16-7-5-6-8-17(16)21/h5-11,18H,4,12-13H2,1-3H3,(H,22,23). The summed E-state index contributed by atoms with van der Waals surface area (Å²) in [6, 6.07) is 13.8. The van der Waals surface area contributed by atoms with E-state index in [4.69, 9.17) is 16.3 Å². The van der Waals surface area contributed by atoms with Gasteiger partial charge in [-0.25, -0.2) is 0 Å². The van der Waals surface area contributed by atoms with Crippen LogP contribution in [0.1, 0.15) is 36.1 Å². The molecule has 1 unspecified atom stereocenters. The minimum absolute atomic E-state index is 0.0121. The fourth-order valence-corrected chi connectivity index (χ4v) is 3.77. The summed E-state index contributed by atoms with van der Waals surface area (Å²) in [5.41, 5.74) is 3.23. The number of hydrogen-bond donors (Lipinski definition) is 1. The molecule has 0 radical (unpaired) electrons. The largest absolute Gasteiger partial charge is 0.496 e. The van der Waals surface area contributed by atoms with Crippen molar-refractivity contribution in [3.05, 3.63) is 64.2 Å². The Hall–Kier alpha value is -1.65. The van der Waals surface area contributed by atoms with E-state index in [0.29, 0.717) is 5.75 Å². The number of carbonyl (C=O) groups is 1.